The van der Waals surface area contributed by atoms with Crippen LogP contribution in [-0.2, 0) is 28.5 Å². The molecule has 1 saturated heterocycles. The predicted octanol–water partition coefficient (Wildman–Crippen LogP) is 2.55. The highest BCUT2D eigenvalue weighted by Gasteiger charge is 2.47. The van der Waals surface area contributed by atoms with Gasteiger partial charge in [0.15, 0.2) is 11.9 Å². The molecule has 3 rings (SSSR count). The molecule has 9 nitrogen and oxygen atoms in total. The van der Waals surface area contributed by atoms with Gasteiger partial charge >= 0.3 is 6.09 Å². The fourth-order valence-corrected chi connectivity index (χ4v) is 3.83. The largest absolute Gasteiger partial charge is 0.482 e. The van der Waals surface area contributed by atoms with Gasteiger partial charge in [0.1, 0.15) is 11.9 Å². The number of carbonyl (C=O) groups is 3. The summed E-state index contributed by atoms with van der Waals surface area (Å²) in [7, 11) is 0. The molecule has 2 heterocycles. The summed E-state index contributed by atoms with van der Waals surface area (Å²) in [6.07, 6.45) is 2.92. The van der Waals surface area contributed by atoms with E-state index < -0.39 is 36.2 Å². The van der Waals surface area contributed by atoms with Gasteiger partial charge in [-0.3, -0.25) is 9.59 Å². The molecule has 0 aliphatic carbocycles. The summed E-state index contributed by atoms with van der Waals surface area (Å²) < 4.78 is 21.8. The third-order valence-electron chi connectivity index (χ3n) is 5.65. The second-order valence-corrected chi connectivity index (χ2v) is 8.07. The minimum Gasteiger partial charge on any atom is -0.482 e. The van der Waals surface area contributed by atoms with Crippen LogP contribution in [0.3, 0.4) is 0 Å². The lowest BCUT2D eigenvalue weighted by atomic mass is 9.95. The van der Waals surface area contributed by atoms with Crippen molar-refractivity contribution in [3.05, 3.63) is 59.9 Å². The zero-order valence-electron chi connectivity index (χ0n) is 19.4. The van der Waals surface area contributed by atoms with E-state index in [0.717, 1.165) is 10.5 Å². The average molecular weight is 474 g/mol. The molecule has 4 atom stereocenters. The molecular formula is C25H31NO8. The van der Waals surface area contributed by atoms with E-state index in [0.29, 0.717) is 32.0 Å². The third-order valence-corrected chi connectivity index (χ3v) is 5.65. The van der Waals surface area contributed by atoms with Crippen molar-refractivity contribution in [1.29, 1.82) is 0 Å². The smallest absolute Gasteiger partial charge is 0.417 e. The molecule has 0 unspecified atom stereocenters. The van der Waals surface area contributed by atoms with E-state index in [2.05, 4.69) is 0 Å². The van der Waals surface area contributed by atoms with Crippen LogP contribution in [0.15, 0.2) is 54.3 Å². The van der Waals surface area contributed by atoms with Gasteiger partial charge in [0.2, 0.25) is 5.91 Å². The number of hydrogen-bond donors (Lipinski definition) is 1. The maximum atomic E-state index is 13.2. The van der Waals surface area contributed by atoms with Gasteiger partial charge in [-0.15, -0.1) is 0 Å². The molecule has 184 valence electrons. The molecule has 1 aromatic rings. The Morgan fingerprint density at radius 3 is 2.50 bits per heavy atom. The molecule has 0 aromatic heterocycles. The lowest BCUT2D eigenvalue weighted by Crippen LogP contribution is -2.47. The Kier molecular flexibility index (Phi) is 9.38. The Bertz CT molecular complexity index is 913. The zero-order chi connectivity index (χ0) is 24.5. The van der Waals surface area contributed by atoms with E-state index in [1.54, 1.807) is 26.0 Å². The van der Waals surface area contributed by atoms with Crippen molar-refractivity contribution >= 4 is 17.8 Å². The maximum absolute atomic E-state index is 13.2. The number of hydrogen-bond acceptors (Lipinski definition) is 8. The fraction of sp³-hybridized carbons (Fsp3) is 0.480. The van der Waals surface area contributed by atoms with Crippen LogP contribution in [0.5, 0.6) is 0 Å². The number of ketones is 1. The number of amides is 2. The van der Waals surface area contributed by atoms with Crippen molar-refractivity contribution in [1.82, 2.24) is 4.90 Å². The SMILES string of the molecule is C[C@@H]1[C@H](c2ccccc2)OC(=O)N1C(=O)[C@H](C)[C@@H]1OC(=CCCOCCOCCO)C=CC1=O. The van der Waals surface area contributed by atoms with E-state index in [9.17, 15) is 14.4 Å². The topological polar surface area (TPSA) is 112 Å². The zero-order valence-corrected chi connectivity index (χ0v) is 19.4. The van der Waals surface area contributed by atoms with E-state index in [1.165, 1.54) is 6.08 Å². The fourth-order valence-electron chi connectivity index (χ4n) is 3.83. The summed E-state index contributed by atoms with van der Waals surface area (Å²) >= 11 is 0. The number of imide groups is 1. The predicted molar refractivity (Wildman–Crippen MR) is 122 cm³/mol. The molecule has 9 heteroatoms. The van der Waals surface area contributed by atoms with Crippen LogP contribution >= 0.6 is 0 Å². The number of rotatable bonds is 11. The van der Waals surface area contributed by atoms with E-state index in [1.807, 2.05) is 30.3 Å². The normalized spacial score (nSPS) is 24.3. The number of cyclic esters (lactones) is 1. The molecule has 0 bridgehead atoms. The number of benzene rings is 1. The number of carbonyl (C=O) groups excluding carboxylic acids is 3. The van der Waals surface area contributed by atoms with Crippen LogP contribution in [0.25, 0.3) is 0 Å². The Morgan fingerprint density at radius 2 is 1.79 bits per heavy atom. The molecule has 1 aromatic carbocycles. The Morgan fingerprint density at radius 1 is 1.09 bits per heavy atom. The van der Waals surface area contributed by atoms with Gasteiger partial charge in [-0.05, 0) is 44.1 Å². The molecule has 1 N–H and O–H groups in total. The molecule has 2 amide bonds. The van der Waals surface area contributed by atoms with Gasteiger partial charge in [0.25, 0.3) is 0 Å². The second kappa shape index (κ2) is 12.5. The maximum Gasteiger partial charge on any atom is 0.417 e. The molecule has 34 heavy (non-hydrogen) atoms. The molecule has 2 aliphatic heterocycles. The third kappa shape index (κ3) is 6.31. The summed E-state index contributed by atoms with van der Waals surface area (Å²) in [6, 6.07) is 8.70. The standard InChI is InChI=1S/C25H31NO8/c1-17(24(29)26-18(2)23(34-25(26)30)19-7-4-3-5-8-19)22-21(28)11-10-20(33-22)9-6-13-31-15-16-32-14-12-27/h3-5,7-11,17-18,22-23,27H,6,12-16H2,1-2H3/t17-,18-,22+,23-/m1/s1. The van der Waals surface area contributed by atoms with E-state index in [-0.39, 0.29) is 19.0 Å². The Balaban J connectivity index is 1.56. The quantitative estimate of drug-likeness (QED) is 0.488. The number of aliphatic hydroxyl groups excluding tert-OH is 1. The van der Waals surface area contributed by atoms with Crippen molar-refractivity contribution in [2.75, 3.05) is 33.0 Å². The van der Waals surface area contributed by atoms with Crippen molar-refractivity contribution < 1.29 is 38.4 Å². The Hall–Kier alpha value is -3.01. The monoisotopic (exact) mass is 473 g/mol. The molecule has 1 fully saturated rings. The first-order chi connectivity index (χ1) is 16.4. The van der Waals surface area contributed by atoms with Crippen molar-refractivity contribution in [2.24, 2.45) is 5.92 Å². The highest BCUT2D eigenvalue weighted by molar-refractivity contribution is 6.01. The summed E-state index contributed by atoms with van der Waals surface area (Å²) in [5.74, 6) is -1.28. The van der Waals surface area contributed by atoms with Gasteiger partial charge < -0.3 is 24.1 Å². The summed E-state index contributed by atoms with van der Waals surface area (Å²) in [5, 5.41) is 8.65. The van der Waals surface area contributed by atoms with Crippen molar-refractivity contribution in [2.45, 2.75) is 38.5 Å². The summed E-state index contributed by atoms with van der Waals surface area (Å²) in [6.45, 7) is 4.80. The highest BCUT2D eigenvalue weighted by atomic mass is 16.6. The Labute approximate surface area is 198 Å². The highest BCUT2D eigenvalue weighted by Crippen LogP contribution is 2.34. The second-order valence-electron chi connectivity index (χ2n) is 8.07. The number of ether oxygens (including phenoxy) is 4. The van der Waals surface area contributed by atoms with Crippen LogP contribution in [-0.4, -0.2) is 73.0 Å². The van der Waals surface area contributed by atoms with Gasteiger partial charge in [0.05, 0.1) is 45.0 Å². The van der Waals surface area contributed by atoms with Crippen LogP contribution in [0.2, 0.25) is 0 Å². The van der Waals surface area contributed by atoms with Crippen LogP contribution < -0.4 is 0 Å². The van der Waals surface area contributed by atoms with Crippen LogP contribution in [0.4, 0.5) is 4.79 Å². The molecule has 0 radical (unpaired) electrons. The van der Waals surface area contributed by atoms with Gasteiger partial charge in [-0.2, -0.15) is 0 Å². The minimum absolute atomic E-state index is 0.0257. The van der Waals surface area contributed by atoms with E-state index >= 15 is 0 Å². The molecule has 0 saturated carbocycles. The lowest BCUT2D eigenvalue weighted by molar-refractivity contribution is -0.142. The molecule has 0 spiro atoms. The van der Waals surface area contributed by atoms with Crippen molar-refractivity contribution in [3.8, 4) is 0 Å². The average Bonchev–Trinajstić information content (AvgIpc) is 3.15. The molecular weight excluding hydrogens is 442 g/mol. The minimum atomic E-state index is -1.03. The number of aliphatic hydroxyl groups is 1. The number of nitrogens with zero attached hydrogens (tertiary/aromatic N) is 1. The lowest BCUT2D eigenvalue weighted by Gasteiger charge is -2.28. The summed E-state index contributed by atoms with van der Waals surface area (Å²) in [4.78, 5) is 39.3. The van der Waals surface area contributed by atoms with Gasteiger partial charge in [-0.1, -0.05) is 30.3 Å². The number of allylic oxidation sites excluding steroid dienone is 1. The molecule has 2 aliphatic rings. The van der Waals surface area contributed by atoms with E-state index in [4.69, 9.17) is 24.1 Å². The first-order valence-electron chi connectivity index (χ1n) is 11.4. The van der Waals surface area contributed by atoms with Gasteiger partial charge in [0, 0.05) is 0 Å². The van der Waals surface area contributed by atoms with Crippen LogP contribution in [0, 0.1) is 5.92 Å². The van der Waals surface area contributed by atoms with Crippen LogP contribution in [0.1, 0.15) is 31.9 Å². The summed E-state index contributed by atoms with van der Waals surface area (Å²) in [5.41, 5.74) is 0.798. The van der Waals surface area contributed by atoms with Gasteiger partial charge in [-0.25, -0.2) is 9.69 Å². The van der Waals surface area contributed by atoms with Crippen molar-refractivity contribution in [3.63, 3.8) is 0 Å². The first-order valence-corrected chi connectivity index (χ1v) is 11.4. The first kappa shape index (κ1) is 25.6.